The molecule has 1 fully saturated rings. The van der Waals surface area contributed by atoms with Crippen LogP contribution in [-0.4, -0.2) is 59.5 Å². The maximum Gasteiger partial charge on any atom is 0.235 e. The second-order valence-corrected chi connectivity index (χ2v) is 7.61. The maximum atomic E-state index is 10.8. The van der Waals surface area contributed by atoms with Crippen molar-refractivity contribution in [3.05, 3.63) is 16.1 Å². The number of ether oxygens (including phenoxy) is 1. The number of nitrogens with one attached hydrogen (secondary N) is 1. The van der Waals surface area contributed by atoms with E-state index in [1.807, 2.05) is 28.1 Å². The summed E-state index contributed by atoms with van der Waals surface area (Å²) in [5.41, 5.74) is 0.607. The van der Waals surface area contributed by atoms with Gasteiger partial charge in [-0.05, 0) is 45.4 Å². The fourth-order valence-electron chi connectivity index (χ4n) is 2.69. The number of anilines is 1. The molecule has 5 N–H and O–H groups in total. The Morgan fingerprint density at radius 1 is 1.52 bits per heavy atom. The number of aliphatic hydroxyl groups is 3. The van der Waals surface area contributed by atoms with Gasteiger partial charge in [0.15, 0.2) is 5.82 Å². The summed E-state index contributed by atoms with van der Waals surface area (Å²) in [6.45, 7) is 0.937. The number of hydrogen-bond acceptors (Lipinski definition) is 8. The van der Waals surface area contributed by atoms with Crippen molar-refractivity contribution >= 4 is 55.4 Å². The van der Waals surface area contributed by atoms with Crippen LogP contribution in [0.3, 0.4) is 0 Å². The van der Waals surface area contributed by atoms with Crippen LogP contribution in [0.5, 0.6) is 0 Å². The minimum Gasteiger partial charge on any atom is -0.394 e. The molecule has 0 bridgehead atoms. The number of aromatic nitrogens is 3. The lowest BCUT2D eigenvalue weighted by molar-refractivity contribution is -0.116. The lowest BCUT2D eigenvalue weighted by Gasteiger charge is -2.35. The van der Waals surface area contributed by atoms with Gasteiger partial charge in [0.2, 0.25) is 4.63 Å². The number of hydrogen-bond donors (Lipinski definition) is 5. The zero-order valence-electron chi connectivity index (χ0n) is 11.8. The summed E-state index contributed by atoms with van der Waals surface area (Å²) < 4.78 is 6.31. The zero-order valence-corrected chi connectivity index (χ0v) is 15.6. The van der Waals surface area contributed by atoms with Crippen LogP contribution in [0, 0.1) is 3.57 Å². The molecule has 0 radical (unpaired) electrons. The summed E-state index contributed by atoms with van der Waals surface area (Å²) in [6, 6.07) is 0. The molecule has 0 aromatic carbocycles. The van der Waals surface area contributed by atoms with Gasteiger partial charge >= 0.3 is 0 Å². The summed E-state index contributed by atoms with van der Waals surface area (Å²) in [5.74, 6) is 0.200. The monoisotopic (exact) mass is 500 g/mol. The minimum absolute atomic E-state index is 0.200. The Balaban J connectivity index is 2.24. The highest BCUT2D eigenvalue weighted by Gasteiger charge is 2.63. The molecule has 1 saturated heterocycles. The van der Waals surface area contributed by atoms with E-state index in [2.05, 4.69) is 25.9 Å². The molecule has 3 heterocycles. The van der Waals surface area contributed by atoms with E-state index >= 15 is 0 Å². The Morgan fingerprint density at radius 2 is 2.22 bits per heavy atom. The quantitative estimate of drug-likeness (QED) is 0.231. The Bertz CT molecular complexity index is 756. The minimum atomic E-state index is -1.76. The van der Waals surface area contributed by atoms with Crippen molar-refractivity contribution in [3.8, 4) is 0 Å². The van der Waals surface area contributed by atoms with E-state index in [0.29, 0.717) is 14.6 Å². The summed E-state index contributed by atoms with van der Waals surface area (Å²) >= 11 is 5.38. The van der Waals surface area contributed by atoms with E-state index in [4.69, 9.17) is 4.74 Å². The van der Waals surface area contributed by atoms with Crippen LogP contribution in [0.1, 0.15) is 6.92 Å². The number of aliphatic hydroxyl groups excluding tert-OH is 2. The van der Waals surface area contributed by atoms with E-state index in [1.165, 1.54) is 17.8 Å². The highest BCUT2D eigenvalue weighted by atomic mass is 127. The molecule has 0 spiro atoms. The third-order valence-electron chi connectivity index (χ3n) is 3.99. The molecule has 3 rings (SSSR count). The van der Waals surface area contributed by atoms with E-state index in [9.17, 15) is 20.5 Å². The summed E-state index contributed by atoms with van der Waals surface area (Å²) in [5, 5.41) is 40.1. The smallest absolute Gasteiger partial charge is 0.235 e. The van der Waals surface area contributed by atoms with Gasteiger partial charge < -0.3 is 20.1 Å². The predicted molar refractivity (Wildman–Crippen MR) is 91.1 cm³/mol. The lowest BCUT2D eigenvalue weighted by atomic mass is 9.96. The number of halogens is 2. The zero-order chi connectivity index (χ0) is 17.0. The molecule has 0 saturated carbocycles. The average molecular weight is 501 g/mol. The maximum absolute atomic E-state index is 10.8. The largest absolute Gasteiger partial charge is 0.394 e. The fourth-order valence-corrected chi connectivity index (χ4v) is 4.21. The van der Waals surface area contributed by atoms with Gasteiger partial charge in [-0.15, -0.1) is 0 Å². The first kappa shape index (κ1) is 17.3. The number of rotatable bonds is 3. The number of fused-ring (bicyclic) bond motifs is 1. The van der Waals surface area contributed by atoms with Crippen molar-refractivity contribution in [2.75, 3.05) is 12.1 Å². The highest BCUT2D eigenvalue weighted by molar-refractivity contribution is 14.1. The van der Waals surface area contributed by atoms with E-state index in [0.717, 1.165) is 0 Å². The molecule has 0 aliphatic carbocycles. The Kier molecular flexibility index (Phi) is 4.32. The van der Waals surface area contributed by atoms with E-state index in [1.54, 1.807) is 6.20 Å². The van der Waals surface area contributed by atoms with Crippen LogP contribution >= 0.6 is 38.5 Å². The standard InChI is InChI=1S/C12H14BrIN4O5/c1-11(21)8(20)6(3-19)23-12(11,13)18-2-5(14)7-9(17-22)15-4-16-10(7)18/h2,4,6,8,19-22H,3H2,1H3,(H,15,16,17)/t6-,8-,11+,12+/m1/s1. The van der Waals surface area contributed by atoms with Gasteiger partial charge in [-0.3, -0.25) is 15.3 Å². The molecule has 9 nitrogen and oxygen atoms in total. The van der Waals surface area contributed by atoms with Gasteiger partial charge in [0, 0.05) is 9.77 Å². The summed E-state index contributed by atoms with van der Waals surface area (Å²) in [7, 11) is 0. The van der Waals surface area contributed by atoms with Gasteiger partial charge in [0.1, 0.15) is 29.8 Å². The normalized spacial score (nSPS) is 34.2. The van der Waals surface area contributed by atoms with Gasteiger partial charge in [0.25, 0.3) is 0 Å². The summed E-state index contributed by atoms with van der Waals surface area (Å²) in [6.07, 6.45) is 0.584. The van der Waals surface area contributed by atoms with Crippen LogP contribution in [-0.2, 0) is 9.37 Å². The molecule has 0 amide bonds. The first-order valence-corrected chi connectivity index (χ1v) is 8.45. The van der Waals surface area contributed by atoms with Gasteiger partial charge in [-0.2, -0.15) is 0 Å². The van der Waals surface area contributed by atoms with E-state index in [-0.39, 0.29) is 5.82 Å². The molecule has 0 unspecified atom stereocenters. The SMILES string of the molecule is C[C@]1(O)[C@H](O)[C@@H](CO)O[C@@]1(Br)n1cc(I)c2c(NO)ncnc21. The van der Waals surface area contributed by atoms with E-state index < -0.39 is 29.1 Å². The van der Waals surface area contributed by atoms with Crippen molar-refractivity contribution in [1.82, 2.24) is 14.5 Å². The number of alkyl halides is 1. The molecule has 4 atom stereocenters. The van der Waals surface area contributed by atoms with Crippen LogP contribution < -0.4 is 5.48 Å². The van der Waals surface area contributed by atoms with Gasteiger partial charge in [0.05, 0.1) is 12.0 Å². The number of nitrogens with zero attached hydrogens (tertiary/aromatic N) is 3. The Morgan fingerprint density at radius 3 is 2.78 bits per heavy atom. The molecular weight excluding hydrogens is 487 g/mol. The van der Waals surface area contributed by atoms with Crippen LogP contribution in [0.4, 0.5) is 5.82 Å². The fraction of sp³-hybridized carbons (Fsp3) is 0.500. The molecule has 2 aromatic rings. The third kappa shape index (κ3) is 2.29. The van der Waals surface area contributed by atoms with Crippen LogP contribution in [0.2, 0.25) is 0 Å². The second-order valence-electron chi connectivity index (χ2n) is 5.37. The second kappa shape index (κ2) is 5.75. The van der Waals surface area contributed by atoms with Crippen LogP contribution in [0.25, 0.3) is 11.0 Å². The van der Waals surface area contributed by atoms with Crippen molar-refractivity contribution < 1.29 is 25.3 Å². The van der Waals surface area contributed by atoms with Crippen molar-refractivity contribution in [2.45, 2.75) is 29.4 Å². The molecule has 1 aliphatic heterocycles. The molecule has 126 valence electrons. The topological polar surface area (TPSA) is 133 Å². The van der Waals surface area contributed by atoms with Gasteiger partial charge in [-0.25, -0.2) is 9.97 Å². The Labute approximate surface area is 152 Å². The third-order valence-corrected chi connectivity index (χ3v) is 6.18. The summed E-state index contributed by atoms with van der Waals surface area (Å²) in [4.78, 5) is 8.11. The molecule has 23 heavy (non-hydrogen) atoms. The molecule has 11 heteroatoms. The van der Waals surface area contributed by atoms with Crippen LogP contribution in [0.15, 0.2) is 12.5 Å². The Hall–Kier alpha value is -0.570. The van der Waals surface area contributed by atoms with Crippen molar-refractivity contribution in [1.29, 1.82) is 0 Å². The molecule has 1 aliphatic rings. The van der Waals surface area contributed by atoms with Gasteiger partial charge in [-0.1, -0.05) is 0 Å². The highest BCUT2D eigenvalue weighted by Crippen LogP contribution is 2.50. The predicted octanol–water partition coefficient (Wildman–Crippen LogP) is 0.345. The first-order valence-electron chi connectivity index (χ1n) is 6.58. The first-order chi connectivity index (χ1) is 10.8. The molecule has 2 aromatic heterocycles. The lowest BCUT2D eigenvalue weighted by Crippen LogP contribution is -2.52. The van der Waals surface area contributed by atoms with Crippen molar-refractivity contribution in [3.63, 3.8) is 0 Å². The van der Waals surface area contributed by atoms with Crippen molar-refractivity contribution in [2.24, 2.45) is 0 Å². The molecular formula is C12H14BrIN4O5. The average Bonchev–Trinajstić information content (AvgIpc) is 2.96.